The fourth-order valence-electron chi connectivity index (χ4n) is 2.73. The summed E-state index contributed by atoms with van der Waals surface area (Å²) in [7, 11) is 4.24. The van der Waals surface area contributed by atoms with E-state index in [-0.39, 0.29) is 0 Å². The van der Waals surface area contributed by atoms with E-state index in [1.165, 1.54) is 29.6 Å². The van der Waals surface area contributed by atoms with E-state index in [4.69, 9.17) is 0 Å². The molecule has 2 rings (SSSR count). The van der Waals surface area contributed by atoms with Gasteiger partial charge in [-0.05, 0) is 55.7 Å². The molecule has 0 spiro atoms. The Hall–Kier alpha value is -0.390. The monoisotopic (exact) mass is 328 g/mol. The highest BCUT2D eigenvalue weighted by atomic mass is 79.9. The standard InChI is InChI=1S/C14H25BrN4/c1-5-12-14(15)13(19(4)17-12)9-16-11-6-7-18(3)10(2)8-11/h10-11,16H,5-9H2,1-4H3. The summed E-state index contributed by atoms with van der Waals surface area (Å²) < 4.78 is 3.17. The zero-order valence-electron chi connectivity index (χ0n) is 12.4. The Kier molecular flexibility index (Phi) is 5.03. The van der Waals surface area contributed by atoms with Crippen LogP contribution in [0.4, 0.5) is 0 Å². The molecule has 108 valence electrons. The molecule has 0 radical (unpaired) electrons. The Morgan fingerprint density at radius 2 is 2.16 bits per heavy atom. The Morgan fingerprint density at radius 1 is 1.42 bits per heavy atom. The minimum Gasteiger partial charge on any atom is -0.308 e. The summed E-state index contributed by atoms with van der Waals surface area (Å²) in [5.41, 5.74) is 2.40. The van der Waals surface area contributed by atoms with Crippen molar-refractivity contribution in [1.29, 1.82) is 0 Å². The molecular formula is C14H25BrN4. The first-order valence-corrected chi connectivity index (χ1v) is 7.96. The molecule has 0 bridgehead atoms. The van der Waals surface area contributed by atoms with Crippen molar-refractivity contribution in [3.8, 4) is 0 Å². The van der Waals surface area contributed by atoms with Crippen molar-refractivity contribution in [2.24, 2.45) is 7.05 Å². The van der Waals surface area contributed by atoms with Gasteiger partial charge in [0, 0.05) is 25.7 Å². The molecule has 2 atom stereocenters. The van der Waals surface area contributed by atoms with Crippen LogP contribution in [-0.4, -0.2) is 40.4 Å². The third-order valence-electron chi connectivity index (χ3n) is 4.27. The lowest BCUT2D eigenvalue weighted by Crippen LogP contribution is -2.45. The highest BCUT2D eigenvalue weighted by Crippen LogP contribution is 2.22. The topological polar surface area (TPSA) is 33.1 Å². The predicted octanol–water partition coefficient (Wildman–Crippen LogP) is 2.32. The first kappa shape index (κ1) is 15.0. The van der Waals surface area contributed by atoms with Gasteiger partial charge >= 0.3 is 0 Å². The van der Waals surface area contributed by atoms with E-state index in [0.717, 1.165) is 18.7 Å². The normalized spacial score (nSPS) is 24.9. The summed E-state index contributed by atoms with van der Waals surface area (Å²) in [6.45, 7) is 6.53. The van der Waals surface area contributed by atoms with Crippen LogP contribution in [0.3, 0.4) is 0 Å². The largest absolute Gasteiger partial charge is 0.308 e. The maximum Gasteiger partial charge on any atom is 0.0767 e. The second-order valence-electron chi connectivity index (χ2n) is 5.62. The number of nitrogens with zero attached hydrogens (tertiary/aromatic N) is 3. The average Bonchev–Trinajstić information content (AvgIpc) is 2.66. The van der Waals surface area contributed by atoms with Gasteiger partial charge in [-0.3, -0.25) is 4.68 Å². The maximum atomic E-state index is 4.54. The number of halogens is 1. The summed E-state index contributed by atoms with van der Waals surface area (Å²) in [6, 6.07) is 1.30. The van der Waals surface area contributed by atoms with Crippen LogP contribution in [0.5, 0.6) is 0 Å². The van der Waals surface area contributed by atoms with E-state index in [0.29, 0.717) is 12.1 Å². The van der Waals surface area contributed by atoms with Gasteiger partial charge in [-0.1, -0.05) is 6.92 Å². The summed E-state index contributed by atoms with van der Waals surface area (Å²) in [6.07, 6.45) is 3.43. The van der Waals surface area contributed by atoms with E-state index in [1.807, 2.05) is 11.7 Å². The highest BCUT2D eigenvalue weighted by Gasteiger charge is 2.23. The zero-order valence-corrected chi connectivity index (χ0v) is 14.0. The smallest absolute Gasteiger partial charge is 0.0767 e. The number of likely N-dealkylation sites (tertiary alicyclic amines) is 1. The molecule has 4 nitrogen and oxygen atoms in total. The molecular weight excluding hydrogens is 304 g/mol. The minimum absolute atomic E-state index is 0.623. The van der Waals surface area contributed by atoms with Crippen LogP contribution >= 0.6 is 15.9 Å². The highest BCUT2D eigenvalue weighted by molar-refractivity contribution is 9.10. The van der Waals surface area contributed by atoms with E-state index in [1.54, 1.807) is 0 Å². The van der Waals surface area contributed by atoms with Crippen molar-refractivity contribution in [2.75, 3.05) is 13.6 Å². The van der Waals surface area contributed by atoms with Crippen molar-refractivity contribution in [3.63, 3.8) is 0 Å². The molecule has 1 saturated heterocycles. The van der Waals surface area contributed by atoms with Crippen molar-refractivity contribution in [3.05, 3.63) is 15.9 Å². The lowest BCUT2D eigenvalue weighted by atomic mass is 9.99. The van der Waals surface area contributed by atoms with Crippen LogP contribution in [0.2, 0.25) is 0 Å². The second kappa shape index (κ2) is 6.37. The number of nitrogens with one attached hydrogen (secondary N) is 1. The van der Waals surface area contributed by atoms with E-state index < -0.39 is 0 Å². The summed E-state index contributed by atoms with van der Waals surface area (Å²) in [4.78, 5) is 2.44. The Morgan fingerprint density at radius 3 is 2.74 bits per heavy atom. The van der Waals surface area contributed by atoms with Gasteiger partial charge in [-0.25, -0.2) is 0 Å². The van der Waals surface area contributed by atoms with Crippen LogP contribution in [0.25, 0.3) is 0 Å². The SMILES string of the molecule is CCc1nn(C)c(CNC2CCN(C)C(C)C2)c1Br. The summed E-state index contributed by atoms with van der Waals surface area (Å²) in [5.74, 6) is 0. The fraction of sp³-hybridized carbons (Fsp3) is 0.786. The molecule has 1 aromatic rings. The zero-order chi connectivity index (χ0) is 14.0. The van der Waals surface area contributed by atoms with Crippen molar-refractivity contribution < 1.29 is 0 Å². The molecule has 0 amide bonds. The number of hydrogen-bond acceptors (Lipinski definition) is 3. The van der Waals surface area contributed by atoms with Gasteiger partial charge in [-0.2, -0.15) is 5.10 Å². The molecule has 2 unspecified atom stereocenters. The van der Waals surface area contributed by atoms with Crippen LogP contribution < -0.4 is 5.32 Å². The lowest BCUT2D eigenvalue weighted by Gasteiger charge is -2.35. The molecule has 19 heavy (non-hydrogen) atoms. The van der Waals surface area contributed by atoms with Crippen LogP contribution in [0.1, 0.15) is 38.1 Å². The van der Waals surface area contributed by atoms with E-state index >= 15 is 0 Å². The van der Waals surface area contributed by atoms with Gasteiger partial charge in [-0.15, -0.1) is 0 Å². The first-order valence-electron chi connectivity index (χ1n) is 7.16. The van der Waals surface area contributed by atoms with Gasteiger partial charge in [0.05, 0.1) is 15.9 Å². The molecule has 1 aliphatic heterocycles. The van der Waals surface area contributed by atoms with Gasteiger partial charge < -0.3 is 10.2 Å². The number of rotatable bonds is 4. The van der Waals surface area contributed by atoms with Gasteiger partial charge in [0.2, 0.25) is 0 Å². The van der Waals surface area contributed by atoms with Crippen molar-refractivity contribution in [2.45, 2.75) is 51.7 Å². The molecule has 1 fully saturated rings. The summed E-state index contributed by atoms with van der Waals surface area (Å²) >= 11 is 3.68. The fourth-order valence-corrected chi connectivity index (χ4v) is 3.48. The lowest BCUT2D eigenvalue weighted by molar-refractivity contribution is 0.167. The Balaban J connectivity index is 1.94. The van der Waals surface area contributed by atoms with Crippen LogP contribution in [-0.2, 0) is 20.0 Å². The van der Waals surface area contributed by atoms with Crippen molar-refractivity contribution in [1.82, 2.24) is 20.0 Å². The molecule has 0 aliphatic carbocycles. The van der Waals surface area contributed by atoms with E-state index in [2.05, 4.69) is 52.1 Å². The third-order valence-corrected chi connectivity index (χ3v) is 5.18. The van der Waals surface area contributed by atoms with Gasteiger partial charge in [0.25, 0.3) is 0 Å². The van der Waals surface area contributed by atoms with Crippen LogP contribution in [0, 0.1) is 0 Å². The molecule has 0 aromatic carbocycles. The average molecular weight is 329 g/mol. The predicted molar refractivity (Wildman–Crippen MR) is 82.2 cm³/mol. The summed E-state index contributed by atoms with van der Waals surface area (Å²) in [5, 5.41) is 8.23. The first-order chi connectivity index (χ1) is 9.02. The van der Waals surface area contributed by atoms with E-state index in [9.17, 15) is 0 Å². The Labute approximate surface area is 124 Å². The molecule has 1 aromatic heterocycles. The van der Waals surface area contributed by atoms with Gasteiger partial charge in [0.1, 0.15) is 0 Å². The maximum absolute atomic E-state index is 4.54. The van der Waals surface area contributed by atoms with Crippen LogP contribution in [0.15, 0.2) is 4.47 Å². The number of hydrogen-bond donors (Lipinski definition) is 1. The minimum atomic E-state index is 0.623. The molecule has 1 aliphatic rings. The molecule has 5 heteroatoms. The third kappa shape index (κ3) is 3.38. The number of aryl methyl sites for hydroxylation is 2. The molecule has 2 heterocycles. The Bertz CT molecular complexity index is 429. The number of aromatic nitrogens is 2. The van der Waals surface area contributed by atoms with Crippen molar-refractivity contribution >= 4 is 15.9 Å². The molecule has 0 saturated carbocycles. The van der Waals surface area contributed by atoms with Gasteiger partial charge in [0.15, 0.2) is 0 Å². The number of piperidine rings is 1. The molecule has 1 N–H and O–H groups in total. The quantitative estimate of drug-likeness (QED) is 0.920. The second-order valence-corrected chi connectivity index (χ2v) is 6.41.